The summed E-state index contributed by atoms with van der Waals surface area (Å²) in [7, 11) is 0. The van der Waals surface area contributed by atoms with E-state index in [1.165, 1.54) is 83.1 Å². The number of rotatable bonds is 23. The molecule has 1 aromatic rings. The number of allylic oxidation sites excluding steroid dienone is 2. The van der Waals surface area contributed by atoms with Gasteiger partial charge in [0.15, 0.2) is 6.10 Å². The van der Waals surface area contributed by atoms with Crippen molar-refractivity contribution in [3.05, 3.63) is 54.1 Å². The number of carbonyl (C=O) groups is 2. The fraction of sp³-hybridized carbons (Fsp3) is 0.625. The van der Waals surface area contributed by atoms with E-state index in [-0.39, 0.29) is 12.6 Å². The number of ether oxygens (including phenoxy) is 2. The molecule has 1 rings (SSSR count). The molecule has 0 aliphatic rings. The van der Waals surface area contributed by atoms with Crippen molar-refractivity contribution in [3.8, 4) is 0 Å². The van der Waals surface area contributed by atoms with E-state index in [2.05, 4.69) is 19.1 Å². The highest BCUT2D eigenvalue weighted by Crippen LogP contribution is 2.11. The molecule has 1 N–H and O–H groups in total. The number of hydrogen-bond acceptors (Lipinski definition) is 5. The first-order valence-corrected chi connectivity index (χ1v) is 14.5. The molecule has 0 amide bonds. The molecule has 0 bridgehead atoms. The first-order valence-electron chi connectivity index (χ1n) is 14.5. The van der Waals surface area contributed by atoms with Gasteiger partial charge in [0.25, 0.3) is 0 Å². The van der Waals surface area contributed by atoms with Crippen LogP contribution in [-0.4, -0.2) is 36.4 Å². The topological polar surface area (TPSA) is 72.8 Å². The van der Waals surface area contributed by atoms with E-state index in [0.717, 1.165) is 24.8 Å². The van der Waals surface area contributed by atoms with Crippen molar-refractivity contribution in [3.63, 3.8) is 0 Å². The van der Waals surface area contributed by atoms with Gasteiger partial charge in [-0.15, -0.1) is 0 Å². The molecular weight excluding hydrogens is 464 g/mol. The fourth-order valence-electron chi connectivity index (χ4n) is 4.01. The van der Waals surface area contributed by atoms with Crippen molar-refractivity contribution in [2.75, 3.05) is 13.2 Å². The third kappa shape index (κ3) is 20.4. The summed E-state index contributed by atoms with van der Waals surface area (Å²) in [6.45, 7) is 1.73. The van der Waals surface area contributed by atoms with Crippen LogP contribution in [0.3, 0.4) is 0 Å². The molecule has 0 spiro atoms. The normalized spacial score (nSPS) is 12.3. The molecular formula is C32H50O5. The van der Waals surface area contributed by atoms with Crippen molar-refractivity contribution in [1.82, 2.24) is 0 Å². The minimum Gasteiger partial charge on any atom is -0.462 e. The summed E-state index contributed by atoms with van der Waals surface area (Å²) in [6.07, 6.45) is 25.6. The molecule has 208 valence electrons. The van der Waals surface area contributed by atoms with E-state index in [1.54, 1.807) is 6.08 Å². The third-order valence-electron chi connectivity index (χ3n) is 6.27. The van der Waals surface area contributed by atoms with Gasteiger partial charge in [-0.1, -0.05) is 114 Å². The van der Waals surface area contributed by atoms with Gasteiger partial charge in [0, 0.05) is 12.5 Å². The second-order valence-corrected chi connectivity index (χ2v) is 9.71. The molecule has 0 saturated carbocycles. The van der Waals surface area contributed by atoms with Crippen LogP contribution in [0.2, 0.25) is 0 Å². The Labute approximate surface area is 225 Å². The molecule has 5 heteroatoms. The van der Waals surface area contributed by atoms with Gasteiger partial charge < -0.3 is 14.6 Å². The van der Waals surface area contributed by atoms with Crippen LogP contribution < -0.4 is 0 Å². The largest absolute Gasteiger partial charge is 0.462 e. The lowest BCUT2D eigenvalue weighted by Crippen LogP contribution is -2.27. The van der Waals surface area contributed by atoms with Crippen molar-refractivity contribution >= 4 is 18.0 Å². The maximum atomic E-state index is 12.0. The summed E-state index contributed by atoms with van der Waals surface area (Å²) in [5.41, 5.74) is 0.873. The first-order chi connectivity index (χ1) is 18.2. The molecule has 37 heavy (non-hydrogen) atoms. The van der Waals surface area contributed by atoms with Crippen LogP contribution in [0.25, 0.3) is 6.08 Å². The molecule has 0 aromatic heterocycles. The second kappa shape index (κ2) is 24.0. The molecule has 1 atom stereocenters. The van der Waals surface area contributed by atoms with Gasteiger partial charge >= 0.3 is 11.9 Å². The van der Waals surface area contributed by atoms with E-state index in [0.29, 0.717) is 6.42 Å². The van der Waals surface area contributed by atoms with Crippen LogP contribution in [0.4, 0.5) is 0 Å². The number of aliphatic hydroxyl groups is 1. The Kier molecular flexibility index (Phi) is 21.1. The second-order valence-electron chi connectivity index (χ2n) is 9.71. The van der Waals surface area contributed by atoms with Gasteiger partial charge in [-0.05, 0) is 43.7 Å². The average molecular weight is 515 g/mol. The van der Waals surface area contributed by atoms with Crippen molar-refractivity contribution < 1.29 is 24.2 Å². The summed E-state index contributed by atoms with van der Waals surface area (Å²) < 4.78 is 10.3. The molecule has 0 aliphatic carbocycles. The Balaban J connectivity index is 1.95. The molecule has 1 unspecified atom stereocenters. The standard InChI is InChI=1S/C32H50O5/c1-2-3-4-5-6-7-8-9-10-11-12-13-14-15-16-17-21-24-31(34)36-28-30(27-33)37-32(35)26-25-29-22-19-18-20-23-29/h10-11,18-20,22-23,25-26,30,33H,2-9,12-17,21,24,27-28H2,1H3/b11-10-,26-25+. The van der Waals surface area contributed by atoms with Crippen LogP contribution >= 0.6 is 0 Å². The number of hydrogen-bond donors (Lipinski definition) is 1. The predicted octanol–water partition coefficient (Wildman–Crippen LogP) is 7.96. The SMILES string of the molecule is CCCCCCCCC/C=C\CCCCCCCCC(=O)OCC(CO)OC(=O)/C=C/c1ccccc1. The molecule has 5 nitrogen and oxygen atoms in total. The van der Waals surface area contributed by atoms with E-state index in [9.17, 15) is 14.7 Å². The summed E-state index contributed by atoms with van der Waals surface area (Å²) in [5.74, 6) is -0.900. The Morgan fingerprint density at radius 3 is 1.97 bits per heavy atom. The smallest absolute Gasteiger partial charge is 0.331 e. The first kappa shape index (κ1) is 32.6. The van der Waals surface area contributed by atoms with Crippen molar-refractivity contribution in [2.45, 2.75) is 116 Å². The average Bonchev–Trinajstić information content (AvgIpc) is 2.92. The summed E-state index contributed by atoms with van der Waals surface area (Å²) in [4.78, 5) is 23.9. The molecule has 0 fully saturated rings. The van der Waals surface area contributed by atoms with E-state index in [1.807, 2.05) is 30.3 Å². The number of aliphatic hydroxyl groups excluding tert-OH is 1. The maximum Gasteiger partial charge on any atom is 0.331 e. The summed E-state index contributed by atoms with van der Waals surface area (Å²) in [5, 5.41) is 9.41. The Morgan fingerprint density at radius 2 is 1.38 bits per heavy atom. The number of carbonyl (C=O) groups excluding carboxylic acids is 2. The zero-order valence-electron chi connectivity index (χ0n) is 23.1. The van der Waals surface area contributed by atoms with E-state index >= 15 is 0 Å². The molecule has 1 aromatic carbocycles. The quantitative estimate of drug-likeness (QED) is 0.0694. The number of esters is 2. The molecule has 0 saturated heterocycles. The monoisotopic (exact) mass is 514 g/mol. The highest BCUT2D eigenvalue weighted by atomic mass is 16.6. The summed E-state index contributed by atoms with van der Waals surface area (Å²) in [6, 6.07) is 9.37. The minimum atomic E-state index is -0.860. The Bertz CT molecular complexity index is 741. The zero-order chi connectivity index (χ0) is 26.8. The highest BCUT2D eigenvalue weighted by Gasteiger charge is 2.14. The molecule has 0 aliphatic heterocycles. The maximum absolute atomic E-state index is 12.0. The third-order valence-corrected chi connectivity index (χ3v) is 6.27. The van der Waals surface area contributed by atoms with Gasteiger partial charge in [-0.2, -0.15) is 0 Å². The lowest BCUT2D eigenvalue weighted by atomic mass is 10.1. The van der Waals surface area contributed by atoms with E-state index in [4.69, 9.17) is 9.47 Å². The van der Waals surface area contributed by atoms with Crippen LogP contribution in [0.15, 0.2) is 48.6 Å². The van der Waals surface area contributed by atoms with Gasteiger partial charge in [0.2, 0.25) is 0 Å². The summed E-state index contributed by atoms with van der Waals surface area (Å²) >= 11 is 0. The lowest BCUT2D eigenvalue weighted by Gasteiger charge is -2.14. The van der Waals surface area contributed by atoms with Crippen molar-refractivity contribution in [2.24, 2.45) is 0 Å². The van der Waals surface area contributed by atoms with Crippen molar-refractivity contribution in [1.29, 1.82) is 0 Å². The van der Waals surface area contributed by atoms with Crippen LogP contribution in [0.5, 0.6) is 0 Å². The lowest BCUT2D eigenvalue weighted by molar-refractivity contribution is -0.157. The van der Waals surface area contributed by atoms with Crippen LogP contribution in [0.1, 0.15) is 115 Å². The number of unbranched alkanes of at least 4 members (excludes halogenated alkanes) is 13. The van der Waals surface area contributed by atoms with Gasteiger partial charge in [0.1, 0.15) is 6.61 Å². The zero-order valence-corrected chi connectivity index (χ0v) is 23.1. The van der Waals surface area contributed by atoms with Crippen LogP contribution in [-0.2, 0) is 19.1 Å². The van der Waals surface area contributed by atoms with Gasteiger partial charge in [-0.25, -0.2) is 4.79 Å². The molecule has 0 heterocycles. The fourth-order valence-corrected chi connectivity index (χ4v) is 4.01. The highest BCUT2D eigenvalue weighted by molar-refractivity contribution is 5.87. The Morgan fingerprint density at radius 1 is 0.811 bits per heavy atom. The van der Waals surface area contributed by atoms with Gasteiger partial charge in [0.05, 0.1) is 6.61 Å². The molecule has 0 radical (unpaired) electrons. The van der Waals surface area contributed by atoms with E-state index < -0.39 is 18.7 Å². The number of benzene rings is 1. The van der Waals surface area contributed by atoms with Gasteiger partial charge in [-0.3, -0.25) is 4.79 Å². The van der Waals surface area contributed by atoms with Crippen LogP contribution in [0, 0.1) is 0 Å². The predicted molar refractivity (Wildman–Crippen MR) is 152 cm³/mol. The Hall–Kier alpha value is -2.40. The minimum absolute atomic E-state index is 0.132.